The van der Waals surface area contributed by atoms with Gasteiger partial charge in [0.1, 0.15) is 0 Å². The van der Waals surface area contributed by atoms with Gasteiger partial charge in [-0.1, -0.05) is 29.8 Å². The van der Waals surface area contributed by atoms with Crippen molar-refractivity contribution in [2.45, 2.75) is 17.7 Å². The van der Waals surface area contributed by atoms with E-state index in [2.05, 4.69) is 14.6 Å². The number of nitrogens with zero attached hydrogens (tertiary/aromatic N) is 3. The summed E-state index contributed by atoms with van der Waals surface area (Å²) >= 11 is 6.40. The molecule has 2 aromatic carbocycles. The summed E-state index contributed by atoms with van der Waals surface area (Å²) in [4.78, 5) is 14.4. The van der Waals surface area contributed by atoms with E-state index >= 15 is 0 Å². The Morgan fingerprint density at radius 3 is 2.80 bits per heavy atom. The number of rotatable bonds is 3. The van der Waals surface area contributed by atoms with E-state index in [1.807, 2.05) is 30.3 Å². The van der Waals surface area contributed by atoms with E-state index in [0.717, 1.165) is 29.8 Å². The smallest absolute Gasteiger partial charge is 0.245 e. The molecule has 0 saturated carbocycles. The van der Waals surface area contributed by atoms with Crippen LogP contribution in [0.1, 0.15) is 16.7 Å². The number of hydrogen-bond acceptors (Lipinski definition) is 4. The Labute approximate surface area is 182 Å². The predicted octanol–water partition coefficient (Wildman–Crippen LogP) is 2.49. The number of amidine groups is 1. The molecule has 0 aliphatic carbocycles. The van der Waals surface area contributed by atoms with Gasteiger partial charge in [0.25, 0.3) is 0 Å². The van der Waals surface area contributed by atoms with Gasteiger partial charge in [0.15, 0.2) is 11.0 Å². The zero-order valence-electron chi connectivity index (χ0n) is 16.3. The average molecular weight is 445 g/mol. The molecule has 30 heavy (non-hydrogen) atoms. The van der Waals surface area contributed by atoms with Gasteiger partial charge in [-0.3, -0.25) is 9.69 Å². The van der Waals surface area contributed by atoms with E-state index in [1.54, 1.807) is 6.07 Å². The van der Waals surface area contributed by atoms with Gasteiger partial charge in [-0.05, 0) is 35.7 Å². The topological polar surface area (TPSA) is 84.8 Å². The first-order valence-corrected chi connectivity index (χ1v) is 11.4. The summed E-state index contributed by atoms with van der Waals surface area (Å²) in [6, 6.07) is 11.1. The van der Waals surface area contributed by atoms with Crippen LogP contribution in [-0.2, 0) is 28.6 Å². The third kappa shape index (κ3) is 3.48. The van der Waals surface area contributed by atoms with E-state index in [0.29, 0.717) is 53.9 Å². The highest BCUT2D eigenvalue weighted by molar-refractivity contribution is 7.84. The molecular weight excluding hydrogens is 424 g/mol. The lowest BCUT2D eigenvalue weighted by atomic mass is 10.1. The number of halogens is 1. The molecule has 9 heteroatoms. The van der Waals surface area contributed by atoms with Crippen molar-refractivity contribution in [3.8, 4) is 0 Å². The first-order chi connectivity index (χ1) is 14.4. The molecule has 3 aliphatic rings. The van der Waals surface area contributed by atoms with Gasteiger partial charge in [-0.2, -0.15) is 0 Å². The normalized spacial score (nSPS) is 22.4. The maximum atomic E-state index is 13.5. The standard InChI is InChI=1S/C21H21ClN4O3S/c22-17-13-18-15(12-20(27)23-18)11-14(17)5-6-25-7-9-26(28,10-8-25)21-16-3-1-2-4-19(16)30(29)24-21/h1-4,11,13H,5-10,12H2,(H,23,27). The van der Waals surface area contributed by atoms with Gasteiger partial charge in [-0.25, -0.2) is 4.21 Å². The van der Waals surface area contributed by atoms with Crippen molar-refractivity contribution in [2.75, 3.05) is 38.0 Å². The van der Waals surface area contributed by atoms with Gasteiger partial charge >= 0.3 is 0 Å². The highest BCUT2D eigenvalue weighted by Crippen LogP contribution is 2.31. The third-order valence-corrected chi connectivity index (χ3v) is 7.44. The molecule has 0 aromatic heterocycles. The summed E-state index contributed by atoms with van der Waals surface area (Å²) in [5, 5.41) is 16.9. The molecule has 7 nitrogen and oxygen atoms in total. The maximum Gasteiger partial charge on any atom is 0.245 e. The number of carbonyl (C=O) groups is 1. The summed E-state index contributed by atoms with van der Waals surface area (Å²) < 4.78 is 15.9. The van der Waals surface area contributed by atoms with Crippen LogP contribution in [0.25, 0.3) is 0 Å². The van der Waals surface area contributed by atoms with Crippen LogP contribution in [0.2, 0.25) is 5.02 Å². The Bertz CT molecular complexity index is 1100. The molecule has 1 fully saturated rings. The highest BCUT2D eigenvalue weighted by Gasteiger charge is 2.37. The number of amides is 1. The predicted molar refractivity (Wildman–Crippen MR) is 117 cm³/mol. The minimum Gasteiger partial charge on any atom is -0.626 e. The molecule has 2 aromatic rings. The molecule has 1 N–H and O–H groups in total. The quantitative estimate of drug-likeness (QED) is 0.582. The van der Waals surface area contributed by atoms with E-state index < -0.39 is 15.6 Å². The molecule has 0 spiro atoms. The third-order valence-electron chi connectivity index (χ3n) is 6.02. The second-order valence-electron chi connectivity index (χ2n) is 7.91. The lowest BCUT2D eigenvalue weighted by Gasteiger charge is -2.47. The molecule has 5 rings (SSSR count). The molecule has 3 aliphatic heterocycles. The van der Waals surface area contributed by atoms with Crippen molar-refractivity contribution in [1.82, 2.24) is 4.90 Å². The summed E-state index contributed by atoms with van der Waals surface area (Å²) in [6.07, 6.45) is 1.15. The lowest BCUT2D eigenvalue weighted by Crippen LogP contribution is -2.59. The first-order valence-electron chi connectivity index (χ1n) is 9.95. The lowest BCUT2D eigenvalue weighted by molar-refractivity contribution is -0.794. The number of anilines is 1. The second kappa shape index (κ2) is 7.55. The number of hydrogen-bond donors (Lipinski definition) is 1. The van der Waals surface area contributed by atoms with Gasteiger partial charge in [-0.15, -0.1) is 4.40 Å². The van der Waals surface area contributed by atoms with Crippen molar-refractivity contribution in [2.24, 2.45) is 4.40 Å². The number of fused-ring (bicyclic) bond motifs is 2. The summed E-state index contributed by atoms with van der Waals surface area (Å²) in [6.45, 7) is 2.82. The monoisotopic (exact) mass is 444 g/mol. The van der Waals surface area contributed by atoms with E-state index in [4.69, 9.17) is 11.6 Å². The van der Waals surface area contributed by atoms with Crippen LogP contribution in [0, 0.1) is 5.21 Å². The maximum absolute atomic E-state index is 13.5. The fourth-order valence-electron chi connectivity index (χ4n) is 4.31. The molecule has 1 saturated heterocycles. The average Bonchev–Trinajstić information content (AvgIpc) is 3.27. The van der Waals surface area contributed by atoms with Crippen LogP contribution in [0.5, 0.6) is 0 Å². The number of quaternary nitrogens is 1. The molecule has 3 heterocycles. The van der Waals surface area contributed by atoms with Crippen LogP contribution in [0.4, 0.5) is 5.69 Å². The number of benzene rings is 2. The number of carbonyl (C=O) groups excluding carboxylic acids is 1. The Balaban J connectivity index is 1.23. The van der Waals surface area contributed by atoms with Crippen molar-refractivity contribution in [1.29, 1.82) is 0 Å². The first kappa shape index (κ1) is 19.8. The molecule has 1 amide bonds. The highest BCUT2D eigenvalue weighted by atomic mass is 35.5. The Hall–Kier alpha value is -2.10. The Morgan fingerprint density at radius 2 is 2.00 bits per heavy atom. The summed E-state index contributed by atoms with van der Waals surface area (Å²) in [5.41, 5.74) is 3.52. The number of nitrogens with one attached hydrogen (secondary N) is 1. The molecule has 1 atom stereocenters. The number of piperazine rings is 1. The van der Waals surface area contributed by atoms with Crippen LogP contribution >= 0.6 is 11.6 Å². The second-order valence-corrected chi connectivity index (χ2v) is 9.44. The van der Waals surface area contributed by atoms with E-state index in [-0.39, 0.29) is 5.91 Å². The largest absolute Gasteiger partial charge is 0.626 e. The number of hydroxylamine groups is 3. The molecule has 0 radical (unpaired) electrons. The minimum atomic E-state index is -1.48. The van der Waals surface area contributed by atoms with Crippen LogP contribution in [-0.4, -0.2) is 58.2 Å². The Kier molecular flexibility index (Phi) is 4.99. The fraction of sp³-hybridized carbons (Fsp3) is 0.333. The SMILES string of the molecule is O=C1Cc2cc(CCN3CC[N+]([O-])(C4=NS(=O)c5ccccc54)CC3)c(Cl)cc2N1. The van der Waals surface area contributed by atoms with Gasteiger partial charge in [0.05, 0.1) is 30.0 Å². The van der Waals surface area contributed by atoms with E-state index in [9.17, 15) is 14.2 Å². The zero-order valence-corrected chi connectivity index (χ0v) is 17.8. The molecule has 156 valence electrons. The molecule has 1 unspecified atom stereocenters. The van der Waals surface area contributed by atoms with Gasteiger partial charge in [0, 0.05) is 30.3 Å². The Morgan fingerprint density at radius 1 is 1.23 bits per heavy atom. The summed E-state index contributed by atoms with van der Waals surface area (Å²) in [5.74, 6) is 0.388. The fourth-order valence-corrected chi connectivity index (χ4v) is 5.61. The summed E-state index contributed by atoms with van der Waals surface area (Å²) in [7, 11) is -1.48. The molecular formula is C21H21ClN4O3S. The molecule has 0 bridgehead atoms. The van der Waals surface area contributed by atoms with Gasteiger partial charge in [0.2, 0.25) is 11.7 Å². The van der Waals surface area contributed by atoms with Gasteiger partial charge < -0.3 is 15.2 Å². The van der Waals surface area contributed by atoms with E-state index in [1.165, 1.54) is 0 Å². The van der Waals surface area contributed by atoms with Crippen LogP contribution < -0.4 is 5.32 Å². The minimum absolute atomic E-state index is 0.00358. The van der Waals surface area contributed by atoms with Crippen molar-refractivity contribution < 1.29 is 13.6 Å². The van der Waals surface area contributed by atoms with Crippen LogP contribution in [0.15, 0.2) is 45.7 Å². The zero-order chi connectivity index (χ0) is 20.9. The van der Waals surface area contributed by atoms with Crippen molar-refractivity contribution in [3.63, 3.8) is 0 Å². The van der Waals surface area contributed by atoms with Crippen molar-refractivity contribution in [3.05, 3.63) is 63.3 Å². The van der Waals surface area contributed by atoms with Crippen LogP contribution in [0.3, 0.4) is 0 Å². The van der Waals surface area contributed by atoms with Crippen molar-refractivity contribution >= 4 is 40.0 Å².